The molecule has 12 rings (SSSR count). The van der Waals surface area contributed by atoms with Crippen molar-refractivity contribution in [3.8, 4) is 67.5 Å². The van der Waals surface area contributed by atoms with E-state index in [0.717, 1.165) is 111 Å². The van der Waals surface area contributed by atoms with Gasteiger partial charge in [-0.25, -0.2) is 9.97 Å². The topological polar surface area (TPSA) is 68.2 Å². The number of hydrogen-bond donors (Lipinski definition) is 1. The monoisotopic (exact) mass is 1090 g/mol. The maximum absolute atomic E-state index is 12.7. The van der Waals surface area contributed by atoms with E-state index >= 15 is 0 Å². The van der Waals surface area contributed by atoms with Crippen molar-refractivity contribution < 1.29 is 26.2 Å². The van der Waals surface area contributed by atoms with E-state index < -0.39 is 0 Å². The molecule has 6 nitrogen and oxygen atoms in total. The molecule has 344 valence electrons. The van der Waals surface area contributed by atoms with Gasteiger partial charge in [-0.2, -0.15) is 0 Å². The first-order valence-corrected chi connectivity index (χ1v) is 23.7. The molecule has 7 heteroatoms. The van der Waals surface area contributed by atoms with Gasteiger partial charge in [0.25, 0.3) is 0 Å². The van der Waals surface area contributed by atoms with Crippen LogP contribution in [0, 0.1) is 6.07 Å². The van der Waals surface area contributed by atoms with Gasteiger partial charge < -0.3 is 5.11 Å². The average molecular weight is 1090 g/mol. The fraction of sp³-hybridized carbons (Fsp3) is 0.127. The third kappa shape index (κ3) is 7.41. The zero-order valence-corrected chi connectivity index (χ0v) is 42.2. The Morgan fingerprint density at radius 3 is 1.93 bits per heavy atom. The van der Waals surface area contributed by atoms with Crippen molar-refractivity contribution in [1.29, 1.82) is 0 Å². The summed E-state index contributed by atoms with van der Waals surface area (Å²) in [5.74, 6) is 0.854. The standard InChI is InChI=1S/C63H50N5O.Pt/c1-62(2,3)44-36-49(59(69)50(37-44)63(4,5)6)61-66-57-55(67(61)53-30-17-15-26-45(53)40-22-11-8-12-23-40)38-52-58(68-54-31-18-16-28-47(54)46-27-13-14-29-48(46)60(68)65-52)56(57)43-25-19-24-42(34-43)51-35-41(32-33-64-51)39-20-9-7-10-21-39;/h7-33,35-38,69H,1-6H3;/q-1;. The van der Waals surface area contributed by atoms with Crippen LogP contribution in [-0.2, 0) is 31.9 Å². The molecule has 12 aromatic rings. The maximum atomic E-state index is 12.7. The summed E-state index contributed by atoms with van der Waals surface area (Å²) in [7, 11) is 0. The molecule has 4 heterocycles. The zero-order valence-electron chi connectivity index (χ0n) is 39.9. The molecule has 0 bridgehead atoms. The zero-order chi connectivity index (χ0) is 47.2. The van der Waals surface area contributed by atoms with Crippen molar-refractivity contribution in [2.75, 3.05) is 0 Å². The van der Waals surface area contributed by atoms with Crippen LogP contribution in [0.25, 0.3) is 111 Å². The van der Waals surface area contributed by atoms with Gasteiger partial charge in [-0.05, 0) is 74.4 Å². The Kier molecular flexibility index (Phi) is 10.9. The van der Waals surface area contributed by atoms with Crippen LogP contribution < -0.4 is 0 Å². The number of fused-ring (bicyclic) bond motifs is 9. The second-order valence-electron chi connectivity index (χ2n) is 20.2. The Labute approximate surface area is 422 Å². The fourth-order valence-electron chi connectivity index (χ4n) is 10.2. The molecule has 0 fully saturated rings. The first-order chi connectivity index (χ1) is 33.4. The maximum Gasteiger partial charge on any atom is 0.148 e. The number of hydrogen-bond acceptors (Lipinski definition) is 4. The van der Waals surface area contributed by atoms with E-state index in [1.54, 1.807) is 0 Å². The van der Waals surface area contributed by atoms with Crippen molar-refractivity contribution >= 4 is 49.4 Å². The van der Waals surface area contributed by atoms with Crippen LogP contribution in [0.2, 0.25) is 0 Å². The van der Waals surface area contributed by atoms with Gasteiger partial charge in [-0.1, -0.05) is 181 Å². The molecule has 0 atom stereocenters. The number of rotatable bonds is 6. The average Bonchev–Trinajstić information content (AvgIpc) is 3.95. The molecule has 4 aromatic heterocycles. The van der Waals surface area contributed by atoms with Crippen LogP contribution in [0.3, 0.4) is 0 Å². The van der Waals surface area contributed by atoms with Gasteiger partial charge in [-0.3, -0.25) is 14.0 Å². The molecule has 0 aliphatic heterocycles. The predicted octanol–water partition coefficient (Wildman–Crippen LogP) is 16.0. The van der Waals surface area contributed by atoms with E-state index in [-0.39, 0.29) is 37.6 Å². The van der Waals surface area contributed by atoms with Crippen LogP contribution in [0.15, 0.2) is 188 Å². The molecule has 0 amide bonds. The molecule has 0 unspecified atom stereocenters. The number of para-hydroxylation sites is 2. The summed E-state index contributed by atoms with van der Waals surface area (Å²) in [6, 6.07) is 67.5. The number of aromatic nitrogens is 5. The van der Waals surface area contributed by atoms with E-state index in [9.17, 15) is 5.11 Å². The first-order valence-electron chi connectivity index (χ1n) is 23.7. The SMILES string of the molecule is CC(C)(C)c1cc(-c2nc3c(-c4[c-]c(-c5cc(-c6ccccc6)ccn5)ccc4)c4c(cc3n2-c2ccccc2-c2ccccc2)nc2c3ccccc3c3ccccc3n24)c(O)c(C(C)(C)C)c1.[Pt]. The predicted molar refractivity (Wildman–Crippen MR) is 285 cm³/mol. The van der Waals surface area contributed by atoms with Crippen LogP contribution in [0.1, 0.15) is 52.7 Å². The summed E-state index contributed by atoms with van der Waals surface area (Å²) >= 11 is 0. The molecule has 0 saturated heterocycles. The largest absolute Gasteiger partial charge is 0.507 e. The minimum Gasteiger partial charge on any atom is -0.507 e. The second-order valence-corrected chi connectivity index (χ2v) is 20.2. The molecular weight excluding hydrogens is 1040 g/mol. The summed E-state index contributed by atoms with van der Waals surface area (Å²) < 4.78 is 4.58. The van der Waals surface area contributed by atoms with Gasteiger partial charge in [0, 0.05) is 60.4 Å². The minimum atomic E-state index is -0.366. The van der Waals surface area contributed by atoms with Crippen molar-refractivity contribution in [2.45, 2.75) is 52.4 Å². The molecule has 1 N–H and O–H groups in total. The van der Waals surface area contributed by atoms with Crippen LogP contribution >= 0.6 is 0 Å². The summed E-state index contributed by atoms with van der Waals surface area (Å²) in [6.07, 6.45) is 1.88. The van der Waals surface area contributed by atoms with Crippen LogP contribution in [0.4, 0.5) is 0 Å². The molecule has 8 aromatic carbocycles. The number of phenolic OH excluding ortho intramolecular Hbond substituents is 1. The molecule has 0 aliphatic rings. The Balaban J connectivity index is 0.00000533. The normalized spacial score (nSPS) is 12.1. The number of imidazole rings is 2. The van der Waals surface area contributed by atoms with E-state index in [1.165, 1.54) is 0 Å². The second kappa shape index (κ2) is 17.1. The Hall–Kier alpha value is -7.66. The minimum absolute atomic E-state index is 0. The molecule has 0 spiro atoms. The molecule has 0 saturated carbocycles. The molecule has 0 aliphatic carbocycles. The molecule has 0 radical (unpaired) electrons. The van der Waals surface area contributed by atoms with Gasteiger partial charge in [0.15, 0.2) is 0 Å². The number of phenols is 1. The smallest absolute Gasteiger partial charge is 0.148 e. The number of aromatic hydroxyl groups is 1. The van der Waals surface area contributed by atoms with Gasteiger partial charge >= 0.3 is 0 Å². The fourth-order valence-corrected chi connectivity index (χ4v) is 10.2. The van der Waals surface area contributed by atoms with Gasteiger partial charge in [0.05, 0.1) is 33.3 Å². The third-order valence-corrected chi connectivity index (χ3v) is 13.6. The number of nitrogens with zero attached hydrogens (tertiary/aromatic N) is 5. The summed E-state index contributed by atoms with van der Waals surface area (Å²) in [5, 5.41) is 16.1. The van der Waals surface area contributed by atoms with Crippen LogP contribution in [0.5, 0.6) is 5.75 Å². The quantitative estimate of drug-likeness (QED) is 0.133. The van der Waals surface area contributed by atoms with E-state index in [4.69, 9.17) is 15.0 Å². The van der Waals surface area contributed by atoms with Crippen molar-refractivity contribution in [1.82, 2.24) is 23.9 Å². The Bertz CT molecular complexity index is 3990. The molecular formula is C63H50N5OPt-. The van der Waals surface area contributed by atoms with Gasteiger partial charge in [0.2, 0.25) is 0 Å². The Morgan fingerprint density at radius 1 is 0.529 bits per heavy atom. The van der Waals surface area contributed by atoms with Crippen molar-refractivity contribution in [2.24, 2.45) is 0 Å². The number of pyridine rings is 2. The van der Waals surface area contributed by atoms with Gasteiger partial charge in [-0.15, -0.1) is 29.8 Å². The van der Waals surface area contributed by atoms with Crippen molar-refractivity contribution in [3.05, 3.63) is 205 Å². The van der Waals surface area contributed by atoms with E-state index in [1.807, 2.05) is 18.3 Å². The van der Waals surface area contributed by atoms with Gasteiger partial charge in [0.1, 0.15) is 17.2 Å². The van der Waals surface area contributed by atoms with E-state index in [2.05, 4.69) is 226 Å². The Morgan fingerprint density at radius 2 is 1.19 bits per heavy atom. The van der Waals surface area contributed by atoms with Crippen LogP contribution in [-0.4, -0.2) is 29.0 Å². The first kappa shape index (κ1) is 44.8. The molecule has 70 heavy (non-hydrogen) atoms. The van der Waals surface area contributed by atoms with Crippen molar-refractivity contribution in [3.63, 3.8) is 0 Å². The summed E-state index contributed by atoms with van der Waals surface area (Å²) in [4.78, 5) is 16.4. The van der Waals surface area contributed by atoms with E-state index in [0.29, 0.717) is 11.4 Å². The summed E-state index contributed by atoms with van der Waals surface area (Å²) in [6.45, 7) is 13.2. The number of benzene rings is 8. The summed E-state index contributed by atoms with van der Waals surface area (Å²) in [5.41, 5.74) is 16.0. The third-order valence-electron chi connectivity index (χ3n) is 13.6.